The Balaban J connectivity index is 1.76. The molecule has 2 atom stereocenters. The van der Waals surface area contributed by atoms with E-state index >= 15 is 0 Å². The number of para-hydroxylation sites is 1. The Morgan fingerprint density at radius 1 is 1.31 bits per heavy atom. The highest BCUT2D eigenvalue weighted by Crippen LogP contribution is 2.52. The predicted molar refractivity (Wildman–Crippen MR) is 97.7 cm³/mol. The second-order valence-corrected chi connectivity index (χ2v) is 8.13. The molecule has 1 aromatic rings. The second kappa shape index (κ2) is 6.15. The first-order valence-electron chi connectivity index (χ1n) is 9.33. The molecule has 5 nitrogen and oxygen atoms in total. The molecule has 138 valence electrons. The van der Waals surface area contributed by atoms with Crippen LogP contribution in [0.15, 0.2) is 35.6 Å². The monoisotopic (exact) mass is 355 g/mol. The van der Waals surface area contributed by atoms with Crippen LogP contribution in [0, 0.1) is 5.41 Å². The highest BCUT2D eigenvalue weighted by atomic mass is 16.5. The molecule has 0 unspecified atom stereocenters. The van der Waals surface area contributed by atoms with Gasteiger partial charge in [-0.1, -0.05) is 32.0 Å². The molecule has 4 rings (SSSR count). The minimum Gasteiger partial charge on any atom is -0.474 e. The smallest absolute Gasteiger partial charge is 0.325 e. The summed E-state index contributed by atoms with van der Waals surface area (Å²) in [7, 11) is 0. The number of ether oxygens (including phenoxy) is 2. The Morgan fingerprint density at radius 3 is 2.85 bits per heavy atom. The molecule has 2 bridgehead atoms. The zero-order chi connectivity index (χ0) is 18.5. The molecule has 2 aliphatic heterocycles. The van der Waals surface area contributed by atoms with E-state index in [9.17, 15) is 9.59 Å². The molecule has 0 fully saturated rings. The Labute approximate surface area is 154 Å². The summed E-state index contributed by atoms with van der Waals surface area (Å²) in [5.41, 5.74) is 2.83. The summed E-state index contributed by atoms with van der Waals surface area (Å²) in [6.45, 7) is 6.53. The van der Waals surface area contributed by atoms with Gasteiger partial charge in [0, 0.05) is 36.4 Å². The van der Waals surface area contributed by atoms with Crippen LogP contribution in [-0.4, -0.2) is 31.1 Å². The maximum absolute atomic E-state index is 12.9. The van der Waals surface area contributed by atoms with Crippen LogP contribution in [0.3, 0.4) is 0 Å². The summed E-state index contributed by atoms with van der Waals surface area (Å²) < 4.78 is 11.4. The van der Waals surface area contributed by atoms with Gasteiger partial charge in [-0.3, -0.25) is 9.59 Å². The van der Waals surface area contributed by atoms with Gasteiger partial charge in [-0.25, -0.2) is 0 Å². The van der Waals surface area contributed by atoms with E-state index in [0.29, 0.717) is 19.4 Å². The maximum Gasteiger partial charge on any atom is 0.325 e. The molecular weight excluding hydrogens is 330 g/mol. The summed E-state index contributed by atoms with van der Waals surface area (Å²) in [4.78, 5) is 27.0. The number of benzene rings is 1. The second-order valence-electron chi connectivity index (χ2n) is 8.13. The number of nitrogens with zero attached hydrogens (tertiary/aromatic N) is 1. The molecule has 0 saturated heterocycles. The van der Waals surface area contributed by atoms with Crippen LogP contribution in [0.4, 0.5) is 5.69 Å². The molecule has 0 saturated carbocycles. The first-order chi connectivity index (χ1) is 12.4. The summed E-state index contributed by atoms with van der Waals surface area (Å²) >= 11 is 0. The standard InChI is InChI=1S/C21H25NO4/c1-4-25-19(24)12-22-15-8-6-5-7-13(15)14-9-18(22)26-17-11-21(2,3)10-16(23)20(14)17/h5-8,14,18H,4,9-12H2,1-3H3/t14-,18+/m0/s1. The van der Waals surface area contributed by atoms with Crippen molar-refractivity contribution in [2.24, 2.45) is 5.41 Å². The van der Waals surface area contributed by atoms with E-state index in [1.807, 2.05) is 30.0 Å². The van der Waals surface area contributed by atoms with E-state index in [1.165, 1.54) is 0 Å². The van der Waals surface area contributed by atoms with Crippen LogP contribution in [0.5, 0.6) is 0 Å². The summed E-state index contributed by atoms with van der Waals surface area (Å²) in [6.07, 6.45) is 1.78. The zero-order valence-corrected chi connectivity index (χ0v) is 15.6. The first-order valence-corrected chi connectivity index (χ1v) is 9.33. The van der Waals surface area contributed by atoms with Crippen LogP contribution in [0.25, 0.3) is 0 Å². The number of allylic oxidation sites excluding steroid dienone is 2. The molecule has 1 aliphatic carbocycles. The molecule has 0 amide bonds. The molecule has 0 aromatic heterocycles. The quantitative estimate of drug-likeness (QED) is 0.776. The van der Waals surface area contributed by atoms with Crippen molar-refractivity contribution >= 4 is 17.4 Å². The van der Waals surface area contributed by atoms with Crippen LogP contribution >= 0.6 is 0 Å². The number of hydrogen-bond donors (Lipinski definition) is 0. The molecule has 0 radical (unpaired) electrons. The SMILES string of the molecule is CCOC(=O)CN1c2ccccc2[C@@H]2C[C@H]1OC1=C2C(=O)CC(C)(C)C1. The van der Waals surface area contributed by atoms with E-state index in [0.717, 1.165) is 29.0 Å². The molecule has 5 heteroatoms. The van der Waals surface area contributed by atoms with E-state index in [2.05, 4.69) is 19.9 Å². The molecule has 1 aromatic carbocycles. The lowest BCUT2D eigenvalue weighted by Crippen LogP contribution is -2.49. The van der Waals surface area contributed by atoms with E-state index < -0.39 is 0 Å². The van der Waals surface area contributed by atoms with Crippen molar-refractivity contribution in [2.45, 2.75) is 52.2 Å². The van der Waals surface area contributed by atoms with Crippen LogP contribution < -0.4 is 4.90 Å². The van der Waals surface area contributed by atoms with Gasteiger partial charge >= 0.3 is 5.97 Å². The van der Waals surface area contributed by atoms with Crippen molar-refractivity contribution < 1.29 is 19.1 Å². The van der Waals surface area contributed by atoms with Gasteiger partial charge < -0.3 is 14.4 Å². The van der Waals surface area contributed by atoms with Crippen molar-refractivity contribution in [2.75, 3.05) is 18.1 Å². The Hall–Kier alpha value is -2.30. The Kier molecular flexibility index (Phi) is 4.05. The number of esters is 1. The van der Waals surface area contributed by atoms with Crippen molar-refractivity contribution in [1.82, 2.24) is 0 Å². The van der Waals surface area contributed by atoms with Crippen molar-refractivity contribution in [3.05, 3.63) is 41.2 Å². The number of carbonyl (C=O) groups excluding carboxylic acids is 2. The third-order valence-electron chi connectivity index (χ3n) is 5.52. The topological polar surface area (TPSA) is 55.8 Å². The van der Waals surface area contributed by atoms with Crippen molar-refractivity contribution in [3.8, 4) is 0 Å². The minimum atomic E-state index is -0.260. The van der Waals surface area contributed by atoms with Crippen molar-refractivity contribution in [3.63, 3.8) is 0 Å². The highest BCUT2D eigenvalue weighted by Gasteiger charge is 2.47. The summed E-state index contributed by atoms with van der Waals surface area (Å²) in [5.74, 6) is 0.815. The largest absolute Gasteiger partial charge is 0.474 e. The fourth-order valence-corrected chi connectivity index (χ4v) is 4.51. The minimum absolute atomic E-state index is 0.0574. The van der Waals surface area contributed by atoms with Gasteiger partial charge in [-0.2, -0.15) is 0 Å². The summed E-state index contributed by atoms with van der Waals surface area (Å²) in [6, 6.07) is 8.02. The molecule has 2 heterocycles. The lowest BCUT2D eigenvalue weighted by molar-refractivity contribution is -0.142. The average molecular weight is 355 g/mol. The van der Waals surface area contributed by atoms with E-state index in [-0.39, 0.29) is 35.9 Å². The fraction of sp³-hybridized carbons (Fsp3) is 0.524. The van der Waals surface area contributed by atoms with Crippen LogP contribution in [0.1, 0.15) is 51.5 Å². The molecular formula is C21H25NO4. The van der Waals surface area contributed by atoms with Gasteiger partial charge in [0.2, 0.25) is 0 Å². The highest BCUT2D eigenvalue weighted by molar-refractivity contribution is 5.99. The average Bonchev–Trinajstić information content (AvgIpc) is 2.57. The van der Waals surface area contributed by atoms with E-state index in [4.69, 9.17) is 9.47 Å². The number of carbonyl (C=O) groups is 2. The van der Waals surface area contributed by atoms with Gasteiger partial charge in [-0.15, -0.1) is 0 Å². The zero-order valence-electron chi connectivity index (χ0n) is 15.6. The van der Waals surface area contributed by atoms with Gasteiger partial charge in [-0.05, 0) is 24.0 Å². The third-order valence-corrected chi connectivity index (χ3v) is 5.52. The normalized spacial score (nSPS) is 26.0. The van der Waals surface area contributed by atoms with Crippen LogP contribution in [-0.2, 0) is 19.1 Å². The molecule has 0 N–H and O–H groups in total. The first kappa shape index (κ1) is 17.1. The lowest BCUT2D eigenvalue weighted by atomic mass is 9.69. The van der Waals surface area contributed by atoms with Gasteiger partial charge in [0.1, 0.15) is 12.3 Å². The summed E-state index contributed by atoms with van der Waals surface area (Å²) in [5, 5.41) is 0. The molecule has 3 aliphatic rings. The number of Topliss-reactive ketones (excluding diaryl/α,β-unsaturated/α-hetero) is 1. The molecule has 0 spiro atoms. The van der Waals surface area contributed by atoms with Gasteiger partial charge in [0.25, 0.3) is 0 Å². The Bertz CT molecular complexity index is 795. The number of fused-ring (bicyclic) bond motifs is 5. The number of hydrogen-bond acceptors (Lipinski definition) is 5. The number of anilines is 1. The van der Waals surface area contributed by atoms with Crippen LogP contribution in [0.2, 0.25) is 0 Å². The maximum atomic E-state index is 12.9. The van der Waals surface area contributed by atoms with Crippen molar-refractivity contribution in [1.29, 1.82) is 0 Å². The number of rotatable bonds is 3. The fourth-order valence-electron chi connectivity index (χ4n) is 4.51. The predicted octanol–water partition coefficient (Wildman–Crippen LogP) is 3.54. The molecule has 26 heavy (non-hydrogen) atoms. The van der Waals surface area contributed by atoms with E-state index in [1.54, 1.807) is 0 Å². The van der Waals surface area contributed by atoms with Gasteiger partial charge in [0.05, 0.1) is 6.61 Å². The number of ketones is 1. The lowest BCUT2D eigenvalue weighted by Gasteiger charge is -2.48. The third kappa shape index (κ3) is 2.79. The Morgan fingerprint density at radius 2 is 2.08 bits per heavy atom. The van der Waals surface area contributed by atoms with Gasteiger partial charge in [0.15, 0.2) is 12.0 Å².